The summed E-state index contributed by atoms with van der Waals surface area (Å²) in [5, 5.41) is 2.73. The van der Waals surface area contributed by atoms with E-state index in [1.165, 1.54) is 32.2 Å². The first-order valence-electron chi connectivity index (χ1n) is 8.05. The van der Waals surface area contributed by atoms with E-state index in [1.54, 1.807) is 30.1 Å². The topological polar surface area (TPSA) is 67.9 Å². The Morgan fingerprint density at radius 2 is 1.89 bits per heavy atom. The van der Waals surface area contributed by atoms with Crippen LogP contribution in [-0.4, -0.2) is 37.5 Å². The lowest BCUT2D eigenvalue weighted by Crippen LogP contribution is -2.23. The molecule has 0 radical (unpaired) electrons. The first-order valence-corrected chi connectivity index (χ1v) is 8.05. The summed E-state index contributed by atoms with van der Waals surface area (Å²) in [5.74, 6) is -0.630. The highest BCUT2D eigenvalue weighted by molar-refractivity contribution is 6.04. The fourth-order valence-electron chi connectivity index (χ4n) is 2.34. The number of nitrogens with zero attached hydrogens (tertiary/aromatic N) is 1. The SMILES string of the molecule is COc1cc(C(=O)Nc2cccc(CN(C)C(C)=O)c2)ccc1OC(F)F. The van der Waals surface area contributed by atoms with Crippen molar-refractivity contribution in [3.63, 3.8) is 0 Å². The third kappa shape index (κ3) is 5.67. The van der Waals surface area contributed by atoms with E-state index >= 15 is 0 Å². The van der Waals surface area contributed by atoms with E-state index in [9.17, 15) is 18.4 Å². The van der Waals surface area contributed by atoms with Crippen molar-refractivity contribution >= 4 is 17.5 Å². The van der Waals surface area contributed by atoms with Crippen LogP contribution in [0.15, 0.2) is 42.5 Å². The van der Waals surface area contributed by atoms with Crippen LogP contribution in [0, 0.1) is 0 Å². The molecule has 0 aliphatic rings. The number of benzene rings is 2. The van der Waals surface area contributed by atoms with Gasteiger partial charge >= 0.3 is 6.61 Å². The van der Waals surface area contributed by atoms with Crippen LogP contribution in [0.3, 0.4) is 0 Å². The minimum atomic E-state index is -2.99. The lowest BCUT2D eigenvalue weighted by molar-refractivity contribution is -0.128. The number of carbonyl (C=O) groups excluding carboxylic acids is 2. The van der Waals surface area contributed by atoms with Gasteiger partial charge in [-0.25, -0.2) is 0 Å². The summed E-state index contributed by atoms with van der Waals surface area (Å²) in [4.78, 5) is 25.3. The van der Waals surface area contributed by atoms with Gasteiger partial charge in [0.1, 0.15) is 0 Å². The number of halogens is 2. The Kier molecular flexibility index (Phi) is 6.70. The van der Waals surface area contributed by atoms with Gasteiger partial charge < -0.3 is 19.7 Å². The molecule has 0 heterocycles. The second-order valence-electron chi connectivity index (χ2n) is 5.77. The first-order chi connectivity index (χ1) is 12.8. The lowest BCUT2D eigenvalue weighted by atomic mass is 10.1. The van der Waals surface area contributed by atoms with Gasteiger partial charge in [0, 0.05) is 31.8 Å². The van der Waals surface area contributed by atoms with E-state index in [2.05, 4.69) is 10.1 Å². The average Bonchev–Trinajstić information content (AvgIpc) is 2.61. The largest absolute Gasteiger partial charge is 0.493 e. The highest BCUT2D eigenvalue weighted by atomic mass is 19.3. The molecule has 0 saturated carbocycles. The Morgan fingerprint density at radius 1 is 1.15 bits per heavy atom. The minimum Gasteiger partial charge on any atom is -0.493 e. The quantitative estimate of drug-likeness (QED) is 0.800. The number of amides is 2. The molecular formula is C19H20F2N2O4. The Morgan fingerprint density at radius 3 is 2.52 bits per heavy atom. The van der Waals surface area contributed by atoms with Gasteiger partial charge in [-0.05, 0) is 35.9 Å². The molecule has 0 spiro atoms. The van der Waals surface area contributed by atoms with Crippen LogP contribution in [0.5, 0.6) is 11.5 Å². The fraction of sp³-hybridized carbons (Fsp3) is 0.263. The maximum Gasteiger partial charge on any atom is 0.387 e. The van der Waals surface area contributed by atoms with Crippen molar-refractivity contribution in [3.8, 4) is 11.5 Å². The number of hydrogen-bond donors (Lipinski definition) is 1. The summed E-state index contributed by atoms with van der Waals surface area (Å²) < 4.78 is 34.1. The van der Waals surface area contributed by atoms with Gasteiger partial charge in [-0.2, -0.15) is 8.78 Å². The zero-order valence-electron chi connectivity index (χ0n) is 15.2. The molecule has 8 heteroatoms. The molecule has 27 heavy (non-hydrogen) atoms. The smallest absolute Gasteiger partial charge is 0.387 e. The van der Waals surface area contributed by atoms with Crippen LogP contribution in [0.1, 0.15) is 22.8 Å². The number of rotatable bonds is 7. The van der Waals surface area contributed by atoms with E-state index in [0.29, 0.717) is 12.2 Å². The van der Waals surface area contributed by atoms with Crippen LogP contribution in [-0.2, 0) is 11.3 Å². The van der Waals surface area contributed by atoms with Crippen molar-refractivity contribution < 1.29 is 27.8 Å². The number of alkyl halides is 2. The molecule has 0 fully saturated rings. The van der Waals surface area contributed by atoms with Crippen molar-refractivity contribution in [1.29, 1.82) is 0 Å². The van der Waals surface area contributed by atoms with Crippen LogP contribution in [0.2, 0.25) is 0 Å². The number of ether oxygens (including phenoxy) is 2. The summed E-state index contributed by atoms with van der Waals surface area (Å²) in [7, 11) is 2.98. The van der Waals surface area contributed by atoms with Crippen molar-refractivity contribution in [2.45, 2.75) is 20.1 Å². The van der Waals surface area contributed by atoms with E-state index < -0.39 is 12.5 Å². The lowest BCUT2D eigenvalue weighted by Gasteiger charge is -2.15. The molecule has 1 N–H and O–H groups in total. The Balaban J connectivity index is 2.14. The Hall–Kier alpha value is -3.16. The van der Waals surface area contributed by atoms with Crippen molar-refractivity contribution in [2.75, 3.05) is 19.5 Å². The molecule has 2 aromatic carbocycles. The van der Waals surface area contributed by atoms with Gasteiger partial charge in [-0.1, -0.05) is 12.1 Å². The monoisotopic (exact) mass is 378 g/mol. The third-order valence-corrected chi connectivity index (χ3v) is 3.78. The third-order valence-electron chi connectivity index (χ3n) is 3.78. The molecule has 6 nitrogen and oxygen atoms in total. The molecule has 0 saturated heterocycles. The van der Waals surface area contributed by atoms with Gasteiger partial charge in [0.05, 0.1) is 7.11 Å². The van der Waals surface area contributed by atoms with Gasteiger partial charge in [0.2, 0.25) is 5.91 Å². The molecule has 0 atom stereocenters. The predicted octanol–water partition coefficient (Wildman–Crippen LogP) is 3.53. The van der Waals surface area contributed by atoms with Crippen molar-refractivity contribution in [3.05, 3.63) is 53.6 Å². The summed E-state index contributed by atoms with van der Waals surface area (Å²) in [5.41, 5.74) is 1.62. The second kappa shape index (κ2) is 8.98. The number of carbonyl (C=O) groups is 2. The summed E-state index contributed by atoms with van der Waals surface area (Å²) in [6, 6.07) is 11.0. The number of methoxy groups -OCH3 is 1. The minimum absolute atomic E-state index is 0.0276. The maximum atomic E-state index is 12.4. The van der Waals surface area contributed by atoms with Gasteiger partial charge in [0.25, 0.3) is 5.91 Å². The number of anilines is 1. The van der Waals surface area contributed by atoms with E-state index in [4.69, 9.17) is 4.74 Å². The molecule has 0 bridgehead atoms. The molecule has 2 aromatic rings. The van der Waals surface area contributed by atoms with Gasteiger partial charge in [-0.15, -0.1) is 0 Å². The normalized spacial score (nSPS) is 10.4. The summed E-state index contributed by atoms with van der Waals surface area (Å²) >= 11 is 0. The molecule has 2 amide bonds. The van der Waals surface area contributed by atoms with Crippen LogP contribution in [0.4, 0.5) is 14.5 Å². The molecule has 2 rings (SSSR count). The molecule has 0 aliphatic carbocycles. The average molecular weight is 378 g/mol. The number of nitrogens with one attached hydrogen (secondary N) is 1. The first kappa shape index (κ1) is 20.2. The molecule has 0 unspecified atom stereocenters. The number of hydrogen-bond acceptors (Lipinski definition) is 4. The maximum absolute atomic E-state index is 12.4. The zero-order valence-corrected chi connectivity index (χ0v) is 15.2. The second-order valence-corrected chi connectivity index (χ2v) is 5.77. The van der Waals surface area contributed by atoms with Crippen LogP contribution >= 0.6 is 0 Å². The van der Waals surface area contributed by atoms with Crippen LogP contribution in [0.25, 0.3) is 0 Å². The highest BCUT2D eigenvalue weighted by Gasteiger charge is 2.14. The fourth-order valence-corrected chi connectivity index (χ4v) is 2.34. The Bertz CT molecular complexity index is 827. The molecule has 144 valence electrons. The van der Waals surface area contributed by atoms with Crippen molar-refractivity contribution in [1.82, 2.24) is 4.90 Å². The van der Waals surface area contributed by atoms with E-state index in [0.717, 1.165) is 5.56 Å². The standard InChI is InChI=1S/C19H20F2N2O4/c1-12(24)23(2)11-13-5-4-6-15(9-13)22-18(25)14-7-8-16(27-19(20)21)17(10-14)26-3/h4-10,19H,11H2,1-3H3,(H,22,25). The molecular weight excluding hydrogens is 358 g/mol. The summed E-state index contributed by atoms with van der Waals surface area (Å²) in [6.07, 6.45) is 0. The Labute approximate surface area is 155 Å². The van der Waals surface area contributed by atoms with Crippen LogP contribution < -0.4 is 14.8 Å². The van der Waals surface area contributed by atoms with E-state index in [1.807, 2.05) is 6.07 Å². The molecule has 0 aliphatic heterocycles. The summed E-state index contributed by atoms with van der Waals surface area (Å²) in [6.45, 7) is -1.11. The van der Waals surface area contributed by atoms with Crippen molar-refractivity contribution in [2.24, 2.45) is 0 Å². The van der Waals surface area contributed by atoms with E-state index in [-0.39, 0.29) is 23.0 Å². The van der Waals surface area contributed by atoms with Gasteiger partial charge in [0.15, 0.2) is 11.5 Å². The zero-order chi connectivity index (χ0) is 20.0. The van der Waals surface area contributed by atoms with Gasteiger partial charge in [-0.3, -0.25) is 9.59 Å². The highest BCUT2D eigenvalue weighted by Crippen LogP contribution is 2.29. The molecule has 0 aromatic heterocycles. The predicted molar refractivity (Wildman–Crippen MR) is 96.2 cm³/mol.